The molecular weight excluding hydrogens is 324 g/mol. The predicted molar refractivity (Wildman–Crippen MR) is 71.9 cm³/mol. The molecule has 0 aliphatic rings. The van der Waals surface area contributed by atoms with Crippen molar-refractivity contribution in [2.45, 2.75) is 13.1 Å². The molecule has 22 heavy (non-hydrogen) atoms. The molecule has 1 aromatic carbocycles. The summed E-state index contributed by atoms with van der Waals surface area (Å²) in [5.41, 5.74) is -2.61. The van der Waals surface area contributed by atoms with Gasteiger partial charge in [-0.3, -0.25) is 4.79 Å². The van der Waals surface area contributed by atoms with Crippen molar-refractivity contribution in [2.75, 3.05) is 0 Å². The van der Waals surface area contributed by atoms with Gasteiger partial charge in [0.1, 0.15) is 17.4 Å². The molecule has 0 spiro atoms. The molecule has 0 amide bonds. The number of nitrogens with one attached hydrogen (secondary N) is 1. The number of nitrogens with zero attached hydrogens (tertiary/aromatic N) is 1. The van der Waals surface area contributed by atoms with Gasteiger partial charge in [-0.25, -0.2) is 4.39 Å². The molecule has 0 radical (unpaired) electrons. The lowest BCUT2D eigenvalue weighted by Gasteiger charge is -2.13. The van der Waals surface area contributed by atoms with E-state index in [1.807, 2.05) is 0 Å². The summed E-state index contributed by atoms with van der Waals surface area (Å²) in [6.07, 6.45) is -4.81. The van der Waals surface area contributed by atoms with Gasteiger partial charge in [0.15, 0.2) is 0 Å². The summed E-state index contributed by atoms with van der Waals surface area (Å²) in [5, 5.41) is 7.89. The third-order valence-electron chi connectivity index (χ3n) is 2.96. The van der Waals surface area contributed by atoms with Gasteiger partial charge in [0, 0.05) is 16.8 Å². The van der Waals surface area contributed by atoms with Crippen LogP contribution in [0.5, 0.6) is 0 Å². The number of benzene rings is 1. The molecule has 0 atom stereocenters. The first-order valence-corrected chi connectivity index (χ1v) is 6.24. The Balaban J connectivity index is 2.79. The summed E-state index contributed by atoms with van der Waals surface area (Å²) < 4.78 is 52.2. The van der Waals surface area contributed by atoms with Gasteiger partial charge >= 0.3 is 6.18 Å². The van der Waals surface area contributed by atoms with Crippen molar-refractivity contribution in [3.63, 3.8) is 0 Å². The molecule has 2 aromatic rings. The zero-order chi connectivity index (χ0) is 16.7. The van der Waals surface area contributed by atoms with E-state index in [2.05, 4.69) is 4.98 Å². The van der Waals surface area contributed by atoms with E-state index in [0.29, 0.717) is 11.8 Å². The lowest BCUT2D eigenvalue weighted by Crippen LogP contribution is -2.13. The number of rotatable bonds is 1. The van der Waals surface area contributed by atoms with Crippen LogP contribution in [0, 0.1) is 24.1 Å². The monoisotopic (exact) mass is 330 g/mol. The molecule has 0 saturated heterocycles. The first-order chi connectivity index (χ1) is 10.2. The second-order valence-corrected chi connectivity index (χ2v) is 4.85. The standard InChI is InChI=1S/C14H7ClF4N2O/c1-6-4-8(9(5-20)13(22)21-6)7-2-3-10(14(17,18)19)11(15)12(7)16/h2-4H,1H3,(H,21,22). The highest BCUT2D eigenvalue weighted by Gasteiger charge is 2.35. The minimum Gasteiger partial charge on any atom is -0.325 e. The van der Waals surface area contributed by atoms with Crippen molar-refractivity contribution < 1.29 is 17.6 Å². The molecule has 0 saturated carbocycles. The van der Waals surface area contributed by atoms with Crippen molar-refractivity contribution in [3.8, 4) is 17.2 Å². The van der Waals surface area contributed by atoms with Gasteiger partial charge in [0.05, 0.1) is 10.6 Å². The van der Waals surface area contributed by atoms with Gasteiger partial charge in [-0.1, -0.05) is 17.7 Å². The van der Waals surface area contributed by atoms with Crippen LogP contribution in [0.25, 0.3) is 11.1 Å². The van der Waals surface area contributed by atoms with Crippen LogP contribution in [0.2, 0.25) is 5.02 Å². The summed E-state index contributed by atoms with van der Waals surface area (Å²) in [6.45, 7) is 1.50. The van der Waals surface area contributed by atoms with Gasteiger partial charge in [-0.05, 0) is 19.1 Å². The number of nitriles is 1. The molecule has 3 nitrogen and oxygen atoms in total. The van der Waals surface area contributed by atoms with Crippen LogP contribution in [0.3, 0.4) is 0 Å². The van der Waals surface area contributed by atoms with Crippen molar-refractivity contribution >= 4 is 11.6 Å². The predicted octanol–water partition coefficient (Wildman–Crippen LogP) is 4.03. The first-order valence-electron chi connectivity index (χ1n) is 5.86. The van der Waals surface area contributed by atoms with Crippen LogP contribution in [0.15, 0.2) is 23.0 Å². The lowest BCUT2D eigenvalue weighted by molar-refractivity contribution is -0.137. The molecule has 0 aliphatic heterocycles. The zero-order valence-corrected chi connectivity index (χ0v) is 11.7. The molecular formula is C14H7ClF4N2O. The van der Waals surface area contributed by atoms with E-state index in [1.54, 1.807) is 6.07 Å². The molecule has 1 heterocycles. The SMILES string of the molecule is Cc1cc(-c2ccc(C(F)(F)F)c(Cl)c2F)c(C#N)c(=O)[nH]1. The zero-order valence-electron chi connectivity index (χ0n) is 11.0. The van der Waals surface area contributed by atoms with Gasteiger partial charge in [0.25, 0.3) is 5.56 Å². The maximum atomic E-state index is 14.2. The summed E-state index contributed by atoms with van der Waals surface area (Å²) >= 11 is 5.44. The highest BCUT2D eigenvalue weighted by molar-refractivity contribution is 6.32. The lowest BCUT2D eigenvalue weighted by atomic mass is 9.99. The van der Waals surface area contributed by atoms with Crippen LogP contribution in [-0.4, -0.2) is 4.98 Å². The fourth-order valence-electron chi connectivity index (χ4n) is 1.99. The number of H-pyrrole nitrogens is 1. The largest absolute Gasteiger partial charge is 0.417 e. The summed E-state index contributed by atoms with van der Waals surface area (Å²) in [4.78, 5) is 14.0. The van der Waals surface area contributed by atoms with Crippen LogP contribution >= 0.6 is 11.6 Å². The highest BCUT2D eigenvalue weighted by Crippen LogP contribution is 2.39. The van der Waals surface area contributed by atoms with Gasteiger partial charge < -0.3 is 4.98 Å². The van der Waals surface area contributed by atoms with Crippen molar-refractivity contribution in [1.29, 1.82) is 5.26 Å². The normalized spacial score (nSPS) is 11.3. The third kappa shape index (κ3) is 2.70. The molecule has 0 fully saturated rings. The number of hydrogen-bond acceptors (Lipinski definition) is 2. The number of halogens is 5. The maximum Gasteiger partial charge on any atom is 0.417 e. The summed E-state index contributed by atoms with van der Waals surface area (Å²) in [7, 11) is 0. The van der Waals surface area contributed by atoms with Crippen molar-refractivity contribution in [1.82, 2.24) is 4.98 Å². The average molecular weight is 331 g/mol. The first kappa shape index (κ1) is 16.0. The Hall–Kier alpha value is -2.33. The van der Waals surface area contributed by atoms with Crippen LogP contribution in [0.1, 0.15) is 16.8 Å². The Morgan fingerprint density at radius 2 is 1.91 bits per heavy atom. The fourth-order valence-corrected chi connectivity index (χ4v) is 2.26. The smallest absolute Gasteiger partial charge is 0.325 e. The van der Waals surface area contributed by atoms with Crippen LogP contribution in [0.4, 0.5) is 17.6 Å². The number of aromatic nitrogens is 1. The molecule has 0 bridgehead atoms. The quantitative estimate of drug-likeness (QED) is 0.802. The van der Waals surface area contributed by atoms with Gasteiger partial charge in [-0.2, -0.15) is 18.4 Å². The van der Waals surface area contributed by atoms with Gasteiger partial charge in [-0.15, -0.1) is 0 Å². The Labute approximate surface area is 126 Å². The molecule has 0 unspecified atom stereocenters. The van der Waals surface area contributed by atoms with Crippen molar-refractivity contribution in [2.24, 2.45) is 0 Å². The van der Waals surface area contributed by atoms with E-state index in [1.165, 1.54) is 13.0 Å². The molecule has 0 aliphatic carbocycles. The topological polar surface area (TPSA) is 56.6 Å². The number of hydrogen-bond donors (Lipinski definition) is 1. The summed E-state index contributed by atoms with van der Waals surface area (Å²) in [5.74, 6) is -1.34. The Bertz CT molecular complexity index is 850. The molecule has 1 aromatic heterocycles. The minimum absolute atomic E-state index is 0.114. The van der Waals surface area contributed by atoms with E-state index >= 15 is 0 Å². The Morgan fingerprint density at radius 1 is 1.27 bits per heavy atom. The third-order valence-corrected chi connectivity index (χ3v) is 3.33. The second kappa shape index (κ2) is 5.46. The number of aryl methyl sites for hydroxylation is 1. The number of alkyl halides is 3. The van der Waals surface area contributed by atoms with E-state index < -0.39 is 33.7 Å². The van der Waals surface area contributed by atoms with Crippen molar-refractivity contribution in [3.05, 3.63) is 56.2 Å². The van der Waals surface area contributed by atoms with E-state index in [-0.39, 0.29) is 11.1 Å². The maximum absolute atomic E-state index is 14.2. The molecule has 114 valence electrons. The molecule has 1 N–H and O–H groups in total. The number of aromatic amines is 1. The van der Waals surface area contributed by atoms with E-state index in [4.69, 9.17) is 16.9 Å². The Morgan fingerprint density at radius 3 is 2.45 bits per heavy atom. The van der Waals surface area contributed by atoms with Crippen LogP contribution < -0.4 is 5.56 Å². The summed E-state index contributed by atoms with van der Waals surface area (Å²) in [6, 6.07) is 4.35. The highest BCUT2D eigenvalue weighted by atomic mass is 35.5. The molecule has 8 heteroatoms. The average Bonchev–Trinajstić information content (AvgIpc) is 2.39. The fraction of sp³-hybridized carbons (Fsp3) is 0.143. The van der Waals surface area contributed by atoms with Gasteiger partial charge in [0.2, 0.25) is 0 Å². The van der Waals surface area contributed by atoms with E-state index in [0.717, 1.165) is 6.07 Å². The number of pyridine rings is 1. The van der Waals surface area contributed by atoms with E-state index in [9.17, 15) is 22.4 Å². The Kier molecular flexibility index (Phi) is 3.98. The molecule has 2 rings (SSSR count). The second-order valence-electron chi connectivity index (χ2n) is 4.47. The minimum atomic E-state index is -4.81. The van der Waals surface area contributed by atoms with Crippen LogP contribution in [-0.2, 0) is 6.18 Å².